The van der Waals surface area contributed by atoms with Gasteiger partial charge in [0.1, 0.15) is 0 Å². The molecule has 0 amide bonds. The maximum atomic E-state index is 10.9. The molecule has 0 bridgehead atoms. The van der Waals surface area contributed by atoms with Crippen LogP contribution >= 0.6 is 0 Å². The zero-order valence-electron chi connectivity index (χ0n) is 30.9. The van der Waals surface area contributed by atoms with Crippen molar-refractivity contribution in [1.82, 2.24) is 0 Å². The first-order valence-electron chi connectivity index (χ1n) is 19.1. The molecule has 6 atom stereocenters. The van der Waals surface area contributed by atoms with Crippen molar-refractivity contribution < 1.29 is 10.2 Å². The van der Waals surface area contributed by atoms with Crippen LogP contribution in [-0.4, -0.2) is 21.4 Å². The van der Waals surface area contributed by atoms with Crippen molar-refractivity contribution >= 4 is 0 Å². The molecule has 2 nitrogen and oxygen atoms in total. The average molecular weight is 595 g/mol. The van der Waals surface area contributed by atoms with Gasteiger partial charge < -0.3 is 10.2 Å². The third kappa shape index (κ3) is 27.5. The summed E-state index contributed by atoms with van der Waals surface area (Å²) in [5, 5.41) is 21.9. The number of hydrogen-bond donors (Lipinski definition) is 2. The van der Waals surface area contributed by atoms with Gasteiger partial charge in [0, 0.05) is 0 Å². The van der Waals surface area contributed by atoms with Gasteiger partial charge in [-0.3, -0.25) is 0 Å². The van der Waals surface area contributed by atoms with E-state index in [9.17, 15) is 10.2 Å². The number of aliphatic hydroxyl groups is 2. The van der Waals surface area contributed by atoms with Crippen molar-refractivity contribution in [2.45, 2.75) is 222 Å². The van der Waals surface area contributed by atoms with E-state index in [1.165, 1.54) is 89.9 Å². The molecule has 0 rings (SSSR count). The second-order valence-electron chi connectivity index (χ2n) is 16.9. The number of unbranched alkanes of at least 4 members (excludes halogenated alkanes) is 1. The van der Waals surface area contributed by atoms with E-state index in [-0.39, 0.29) is 0 Å². The Kier molecular flexibility index (Phi) is 24.1. The van der Waals surface area contributed by atoms with Crippen molar-refractivity contribution in [2.75, 3.05) is 0 Å². The third-order valence-electron chi connectivity index (χ3n) is 10.2. The predicted octanol–water partition coefficient (Wildman–Crippen LogP) is 12.9. The minimum atomic E-state index is -0.558. The second kappa shape index (κ2) is 24.2. The van der Waals surface area contributed by atoms with Crippen molar-refractivity contribution in [2.24, 2.45) is 35.5 Å². The van der Waals surface area contributed by atoms with E-state index in [2.05, 4.69) is 55.4 Å². The van der Waals surface area contributed by atoms with Gasteiger partial charge in [-0.15, -0.1) is 0 Å². The number of hydrogen-bond acceptors (Lipinski definition) is 2. The number of rotatable bonds is 29. The topological polar surface area (TPSA) is 40.5 Å². The summed E-state index contributed by atoms with van der Waals surface area (Å²) in [7, 11) is 0. The van der Waals surface area contributed by atoms with Crippen molar-refractivity contribution in [3.8, 4) is 0 Å². The summed E-state index contributed by atoms with van der Waals surface area (Å²) in [6.07, 6.45) is 26.7. The first-order chi connectivity index (χ1) is 19.6. The molecule has 0 saturated carbocycles. The van der Waals surface area contributed by atoms with Crippen LogP contribution in [0, 0.1) is 35.5 Å². The zero-order chi connectivity index (χ0) is 32.0. The Hall–Kier alpha value is -0.0800. The molecule has 0 aliphatic heterocycles. The van der Waals surface area contributed by atoms with E-state index in [1.807, 2.05) is 13.8 Å². The molecule has 0 fully saturated rings. The third-order valence-corrected chi connectivity index (χ3v) is 10.2. The Labute approximate surface area is 267 Å². The molecular weight excluding hydrogens is 512 g/mol. The van der Waals surface area contributed by atoms with E-state index in [0.29, 0.717) is 0 Å². The standard InChI is InChI=1S/C40H82O2/c1-33(2)19-13-21-35(5)23-15-25-37(7)27-17-31-39(9,41)29-11-12-30-40(10,42)32-18-28-38(8)26-16-24-36(6)22-14-20-34(3)4/h33-38,41-42H,11-32H2,1-10H3. The van der Waals surface area contributed by atoms with E-state index >= 15 is 0 Å². The lowest BCUT2D eigenvalue weighted by Gasteiger charge is -2.27. The van der Waals surface area contributed by atoms with Gasteiger partial charge >= 0.3 is 0 Å². The summed E-state index contributed by atoms with van der Waals surface area (Å²) in [5.41, 5.74) is -1.12. The SMILES string of the molecule is CC(C)CCCC(C)CCCC(C)CCCC(C)(O)CCCCC(C)(O)CCCC(C)CCCC(C)CCCC(C)C. The minimum Gasteiger partial charge on any atom is -0.390 e. The van der Waals surface area contributed by atoms with Crippen LogP contribution in [0.15, 0.2) is 0 Å². The van der Waals surface area contributed by atoms with Crippen LogP contribution < -0.4 is 0 Å². The fourth-order valence-electron chi connectivity index (χ4n) is 6.88. The molecule has 42 heavy (non-hydrogen) atoms. The predicted molar refractivity (Wildman–Crippen MR) is 189 cm³/mol. The Morgan fingerprint density at radius 2 is 0.548 bits per heavy atom. The van der Waals surface area contributed by atoms with Crippen LogP contribution in [0.3, 0.4) is 0 Å². The van der Waals surface area contributed by atoms with Crippen LogP contribution in [-0.2, 0) is 0 Å². The summed E-state index contributed by atoms with van der Waals surface area (Å²) in [6, 6.07) is 0. The monoisotopic (exact) mass is 595 g/mol. The summed E-state index contributed by atoms with van der Waals surface area (Å²) < 4.78 is 0. The highest BCUT2D eigenvalue weighted by atomic mass is 16.3. The molecular formula is C40H82O2. The molecule has 0 aliphatic rings. The fraction of sp³-hybridized carbons (Fsp3) is 1.00. The lowest BCUT2D eigenvalue weighted by atomic mass is 9.86. The van der Waals surface area contributed by atoms with Gasteiger partial charge in [-0.25, -0.2) is 0 Å². The summed E-state index contributed by atoms with van der Waals surface area (Å²) in [5.74, 6) is 4.95. The second-order valence-corrected chi connectivity index (χ2v) is 16.9. The molecule has 0 aromatic heterocycles. The molecule has 254 valence electrons. The van der Waals surface area contributed by atoms with Crippen LogP contribution in [0.4, 0.5) is 0 Å². The lowest BCUT2D eigenvalue weighted by Crippen LogP contribution is -2.26. The highest BCUT2D eigenvalue weighted by Crippen LogP contribution is 2.28. The molecule has 2 N–H and O–H groups in total. The van der Waals surface area contributed by atoms with Gasteiger partial charge in [0.2, 0.25) is 0 Å². The van der Waals surface area contributed by atoms with Crippen LogP contribution in [0.5, 0.6) is 0 Å². The van der Waals surface area contributed by atoms with Gasteiger partial charge in [0.25, 0.3) is 0 Å². The van der Waals surface area contributed by atoms with E-state index < -0.39 is 11.2 Å². The van der Waals surface area contributed by atoms with Crippen LogP contribution in [0.1, 0.15) is 210 Å². The molecule has 2 heteroatoms. The Bertz CT molecular complexity index is 540. The Morgan fingerprint density at radius 1 is 0.333 bits per heavy atom. The highest BCUT2D eigenvalue weighted by molar-refractivity contribution is 4.77. The molecule has 0 spiro atoms. The van der Waals surface area contributed by atoms with E-state index in [0.717, 1.165) is 86.9 Å². The van der Waals surface area contributed by atoms with Gasteiger partial charge in [-0.1, -0.05) is 171 Å². The van der Waals surface area contributed by atoms with Crippen molar-refractivity contribution in [3.63, 3.8) is 0 Å². The van der Waals surface area contributed by atoms with E-state index in [4.69, 9.17) is 0 Å². The lowest BCUT2D eigenvalue weighted by molar-refractivity contribution is 0.0215. The highest BCUT2D eigenvalue weighted by Gasteiger charge is 2.23. The van der Waals surface area contributed by atoms with Gasteiger partial charge in [0.15, 0.2) is 0 Å². The smallest absolute Gasteiger partial charge is 0.0619 e. The Morgan fingerprint density at radius 3 is 0.810 bits per heavy atom. The molecule has 0 heterocycles. The molecule has 0 aliphatic carbocycles. The Balaban J connectivity index is 3.90. The zero-order valence-corrected chi connectivity index (χ0v) is 30.9. The molecule has 0 radical (unpaired) electrons. The maximum absolute atomic E-state index is 10.9. The molecule has 0 aromatic carbocycles. The average Bonchev–Trinajstić information content (AvgIpc) is 2.86. The molecule has 0 aromatic rings. The summed E-state index contributed by atoms with van der Waals surface area (Å²) >= 11 is 0. The quantitative estimate of drug-likeness (QED) is 0.0845. The largest absolute Gasteiger partial charge is 0.390 e. The van der Waals surface area contributed by atoms with Crippen molar-refractivity contribution in [1.29, 1.82) is 0 Å². The first-order valence-corrected chi connectivity index (χ1v) is 19.1. The molecule has 6 unspecified atom stereocenters. The summed E-state index contributed by atoms with van der Waals surface area (Å²) in [4.78, 5) is 0. The molecule has 0 saturated heterocycles. The van der Waals surface area contributed by atoms with Crippen molar-refractivity contribution in [3.05, 3.63) is 0 Å². The maximum Gasteiger partial charge on any atom is 0.0619 e. The summed E-state index contributed by atoms with van der Waals surface area (Å²) in [6.45, 7) is 23.0. The van der Waals surface area contributed by atoms with E-state index in [1.54, 1.807) is 0 Å². The minimum absolute atomic E-state index is 0.558. The van der Waals surface area contributed by atoms with Gasteiger partial charge in [-0.2, -0.15) is 0 Å². The fourth-order valence-corrected chi connectivity index (χ4v) is 6.88. The van der Waals surface area contributed by atoms with Crippen LogP contribution in [0.25, 0.3) is 0 Å². The van der Waals surface area contributed by atoms with Gasteiger partial charge in [-0.05, 0) is 75.0 Å². The first kappa shape index (κ1) is 41.9. The normalized spacial score (nSPS) is 18.1. The van der Waals surface area contributed by atoms with Gasteiger partial charge in [0.05, 0.1) is 11.2 Å². The van der Waals surface area contributed by atoms with Crippen LogP contribution in [0.2, 0.25) is 0 Å².